The molecule has 7 heteroatoms. The van der Waals surface area contributed by atoms with E-state index in [2.05, 4.69) is 11.8 Å². The molecule has 0 aliphatic carbocycles. The van der Waals surface area contributed by atoms with Gasteiger partial charge in [-0.2, -0.15) is 8.78 Å². The molecule has 29 heavy (non-hydrogen) atoms. The first-order chi connectivity index (χ1) is 13.7. The van der Waals surface area contributed by atoms with Crippen LogP contribution in [-0.2, 0) is 11.2 Å². The summed E-state index contributed by atoms with van der Waals surface area (Å²) in [6.45, 7) is 2.00. The molecule has 2 unspecified atom stereocenters. The zero-order valence-electron chi connectivity index (χ0n) is 16.3. The van der Waals surface area contributed by atoms with Gasteiger partial charge in [0.25, 0.3) is 5.91 Å². The minimum atomic E-state index is -3.43. The van der Waals surface area contributed by atoms with Crippen molar-refractivity contribution in [3.8, 4) is 11.8 Å². The van der Waals surface area contributed by atoms with Gasteiger partial charge in [-0.05, 0) is 30.5 Å². The summed E-state index contributed by atoms with van der Waals surface area (Å²) in [6.07, 6.45) is 3.44. The van der Waals surface area contributed by atoms with E-state index < -0.39 is 36.4 Å². The lowest BCUT2D eigenvalue weighted by Crippen LogP contribution is -2.37. The quantitative estimate of drug-likeness (QED) is 0.514. The van der Waals surface area contributed by atoms with Gasteiger partial charge in [0.2, 0.25) is 0 Å². The summed E-state index contributed by atoms with van der Waals surface area (Å²) in [5.74, 6) is 0.102. The number of aliphatic hydroxyl groups is 1. The number of nitrogens with zero attached hydrogens (tertiary/aromatic N) is 1. The van der Waals surface area contributed by atoms with Gasteiger partial charge in [-0.25, -0.2) is 4.79 Å². The number of halogens is 2. The zero-order chi connectivity index (χ0) is 21.4. The molecule has 1 aromatic rings. The average Bonchev–Trinajstić information content (AvgIpc) is 2.91. The first-order valence-corrected chi connectivity index (χ1v) is 9.58. The Kier molecular flexibility index (Phi) is 7.91. The highest BCUT2D eigenvalue weighted by Gasteiger charge is 2.52. The molecule has 1 fully saturated rings. The van der Waals surface area contributed by atoms with E-state index in [4.69, 9.17) is 5.11 Å². The van der Waals surface area contributed by atoms with Crippen LogP contribution in [0.4, 0.5) is 8.78 Å². The summed E-state index contributed by atoms with van der Waals surface area (Å²) in [4.78, 5) is 24.1. The fourth-order valence-electron chi connectivity index (χ4n) is 3.11. The van der Waals surface area contributed by atoms with Crippen LogP contribution >= 0.6 is 0 Å². The van der Waals surface area contributed by atoms with E-state index >= 15 is 0 Å². The van der Waals surface area contributed by atoms with E-state index in [1.165, 1.54) is 24.3 Å². The number of aromatic carboxylic acids is 1. The highest BCUT2D eigenvalue weighted by atomic mass is 19.3. The first kappa shape index (κ1) is 22.6. The third kappa shape index (κ3) is 6.40. The van der Waals surface area contributed by atoms with Gasteiger partial charge < -0.3 is 15.1 Å². The van der Waals surface area contributed by atoms with Gasteiger partial charge >= 0.3 is 11.9 Å². The predicted octanol–water partition coefficient (Wildman–Crippen LogP) is 3.27. The van der Waals surface area contributed by atoms with Gasteiger partial charge in [-0.15, -0.1) is 11.8 Å². The molecular formula is C22H25F2NO4. The van der Waals surface area contributed by atoms with Crippen LogP contribution in [0.5, 0.6) is 0 Å². The van der Waals surface area contributed by atoms with Gasteiger partial charge in [0.15, 0.2) is 0 Å². The first-order valence-electron chi connectivity index (χ1n) is 9.58. The van der Waals surface area contributed by atoms with Crippen molar-refractivity contribution in [2.45, 2.75) is 57.1 Å². The molecule has 2 rings (SSSR count). The van der Waals surface area contributed by atoms with E-state index in [9.17, 15) is 23.5 Å². The lowest BCUT2D eigenvalue weighted by Gasteiger charge is -2.22. The molecule has 1 aromatic carbocycles. The predicted molar refractivity (Wildman–Crippen MR) is 105 cm³/mol. The monoisotopic (exact) mass is 405 g/mol. The van der Waals surface area contributed by atoms with Gasteiger partial charge in [0.05, 0.1) is 17.7 Å². The summed E-state index contributed by atoms with van der Waals surface area (Å²) in [7, 11) is 0. The largest absolute Gasteiger partial charge is 0.478 e. The molecule has 0 saturated carbocycles. The molecule has 156 valence electrons. The van der Waals surface area contributed by atoms with Crippen LogP contribution < -0.4 is 0 Å². The Balaban J connectivity index is 2.00. The fraction of sp³-hybridized carbons (Fsp3) is 0.455. The van der Waals surface area contributed by atoms with E-state index in [0.717, 1.165) is 16.9 Å². The molecule has 2 atom stereocenters. The van der Waals surface area contributed by atoms with Crippen molar-refractivity contribution in [3.63, 3.8) is 0 Å². The summed E-state index contributed by atoms with van der Waals surface area (Å²) < 4.78 is 27.9. The molecule has 1 aliphatic rings. The fourth-order valence-corrected chi connectivity index (χ4v) is 3.11. The third-order valence-corrected chi connectivity index (χ3v) is 4.70. The molecule has 2 N–H and O–H groups in total. The maximum absolute atomic E-state index is 13.9. The maximum Gasteiger partial charge on any atom is 0.335 e. The smallest absolute Gasteiger partial charge is 0.335 e. The molecule has 1 saturated heterocycles. The molecule has 1 amide bonds. The van der Waals surface area contributed by atoms with Gasteiger partial charge in [-0.1, -0.05) is 31.2 Å². The van der Waals surface area contributed by atoms with Crippen LogP contribution in [0.15, 0.2) is 36.4 Å². The Morgan fingerprint density at radius 1 is 1.34 bits per heavy atom. The second-order valence-electron chi connectivity index (χ2n) is 6.92. The number of alkyl halides is 2. The molecule has 0 bridgehead atoms. The Morgan fingerprint density at radius 3 is 2.66 bits per heavy atom. The Labute approximate surface area is 169 Å². The Bertz CT molecular complexity index is 808. The van der Waals surface area contributed by atoms with E-state index in [-0.39, 0.29) is 12.1 Å². The minimum absolute atomic E-state index is 0.0773. The number of benzene rings is 1. The molecule has 1 heterocycles. The number of carbonyl (C=O) groups excluding carboxylic acids is 1. The van der Waals surface area contributed by atoms with Crippen molar-refractivity contribution in [3.05, 3.63) is 47.5 Å². The zero-order valence-corrected chi connectivity index (χ0v) is 16.3. The number of hydrogen-bond acceptors (Lipinski definition) is 3. The van der Waals surface area contributed by atoms with Crippen molar-refractivity contribution in [1.82, 2.24) is 4.90 Å². The standard InChI is InChI=1S/C22H25F2NO4/c1-2-3-4-5-6-19(26)12-11-18-15-22(23,24)21(29)25(18)14-13-16-7-9-17(10-8-16)20(27)28/h7-12,18-19,26H,2,5-6,13-15H2,1H3,(H,27,28)/b12-11+. The number of amides is 1. The highest BCUT2D eigenvalue weighted by Crippen LogP contribution is 2.34. The van der Waals surface area contributed by atoms with Crippen molar-refractivity contribution in [2.75, 3.05) is 6.54 Å². The van der Waals surface area contributed by atoms with Crippen LogP contribution in [0, 0.1) is 11.8 Å². The highest BCUT2D eigenvalue weighted by molar-refractivity contribution is 5.87. The van der Waals surface area contributed by atoms with Crippen molar-refractivity contribution < 1.29 is 28.6 Å². The maximum atomic E-state index is 13.9. The van der Waals surface area contributed by atoms with E-state index in [0.29, 0.717) is 19.3 Å². The number of carbonyl (C=O) groups is 2. The SMILES string of the molecule is CCC#CCCC(O)/C=C/C1CC(F)(F)C(=O)N1CCc1ccc(C(=O)O)cc1. The molecule has 0 aromatic heterocycles. The number of carboxylic acids is 1. The molecule has 5 nitrogen and oxygen atoms in total. The van der Waals surface area contributed by atoms with Gasteiger partial charge in [-0.3, -0.25) is 4.79 Å². The molecule has 1 aliphatic heterocycles. The van der Waals surface area contributed by atoms with Gasteiger partial charge in [0.1, 0.15) is 0 Å². The summed E-state index contributed by atoms with van der Waals surface area (Å²) in [6, 6.07) is 5.29. The third-order valence-electron chi connectivity index (χ3n) is 4.70. The lowest BCUT2D eigenvalue weighted by molar-refractivity contribution is -0.148. The number of carboxylic acid groups (broad SMARTS) is 1. The summed E-state index contributed by atoms with van der Waals surface area (Å²) >= 11 is 0. The second kappa shape index (κ2) is 10.2. The molecule has 0 radical (unpaired) electrons. The van der Waals surface area contributed by atoms with E-state index in [1.807, 2.05) is 6.92 Å². The van der Waals surface area contributed by atoms with Crippen molar-refractivity contribution in [1.29, 1.82) is 0 Å². The Morgan fingerprint density at radius 2 is 2.03 bits per heavy atom. The number of rotatable bonds is 8. The van der Waals surface area contributed by atoms with Crippen LogP contribution in [0.25, 0.3) is 0 Å². The average molecular weight is 405 g/mol. The number of hydrogen-bond donors (Lipinski definition) is 2. The van der Waals surface area contributed by atoms with Crippen molar-refractivity contribution in [2.24, 2.45) is 0 Å². The normalized spacial score (nSPS) is 19.2. The Hall–Kier alpha value is -2.72. The van der Waals surface area contributed by atoms with Crippen molar-refractivity contribution >= 4 is 11.9 Å². The van der Waals surface area contributed by atoms with Crippen LogP contribution in [0.2, 0.25) is 0 Å². The topological polar surface area (TPSA) is 77.8 Å². The number of aliphatic hydroxyl groups excluding tert-OH is 1. The molecular weight excluding hydrogens is 380 g/mol. The van der Waals surface area contributed by atoms with Crippen LogP contribution in [0.3, 0.4) is 0 Å². The minimum Gasteiger partial charge on any atom is -0.478 e. The lowest BCUT2D eigenvalue weighted by atomic mass is 10.1. The number of likely N-dealkylation sites (tertiary alicyclic amines) is 1. The summed E-state index contributed by atoms with van der Waals surface area (Å²) in [5, 5.41) is 18.9. The van der Waals surface area contributed by atoms with Crippen LogP contribution in [-0.4, -0.2) is 51.6 Å². The molecule has 0 spiro atoms. The van der Waals surface area contributed by atoms with Gasteiger partial charge in [0, 0.05) is 25.8 Å². The summed E-state index contributed by atoms with van der Waals surface area (Å²) in [5.41, 5.74) is 0.881. The van der Waals surface area contributed by atoms with Crippen LogP contribution in [0.1, 0.15) is 48.5 Å². The van der Waals surface area contributed by atoms with E-state index in [1.54, 1.807) is 12.1 Å². The second-order valence-corrected chi connectivity index (χ2v) is 6.92.